The monoisotopic (exact) mass is 561 g/mol. The van der Waals surface area contributed by atoms with Crippen LogP contribution in [0.5, 0.6) is 11.5 Å². The molecule has 0 aromatic heterocycles. The number of Topliss-reactive ketones (excluding diaryl/α,β-unsaturated/α-hetero) is 1. The van der Waals surface area contributed by atoms with Crippen molar-refractivity contribution in [1.82, 2.24) is 4.90 Å². The van der Waals surface area contributed by atoms with E-state index in [-0.39, 0.29) is 28.0 Å². The molecule has 0 radical (unpaired) electrons. The molecule has 0 spiro atoms. The minimum atomic E-state index is -0.849. The number of benzene rings is 3. The van der Waals surface area contributed by atoms with Gasteiger partial charge in [0.25, 0.3) is 17.6 Å². The van der Waals surface area contributed by atoms with Gasteiger partial charge in [-0.05, 0) is 53.5 Å². The number of primary amides is 1. The lowest BCUT2D eigenvalue weighted by molar-refractivity contribution is -0.112. The number of carbonyl (C=O) groups is 3. The van der Waals surface area contributed by atoms with E-state index in [1.807, 2.05) is 18.2 Å². The van der Waals surface area contributed by atoms with Crippen LogP contribution < -0.4 is 20.5 Å². The molecule has 9 nitrogen and oxygen atoms in total. The number of amides is 2. The van der Waals surface area contributed by atoms with Gasteiger partial charge in [-0.25, -0.2) is 0 Å². The summed E-state index contributed by atoms with van der Waals surface area (Å²) in [7, 11) is 1.39. The molecule has 2 amide bonds. The molecule has 1 heterocycles. The number of hydrogen-bond donors (Lipinski definition) is 2. The number of ether oxygens (including phenoxy) is 3. The van der Waals surface area contributed by atoms with Gasteiger partial charge in [-0.1, -0.05) is 45.0 Å². The van der Waals surface area contributed by atoms with E-state index in [0.717, 1.165) is 50.2 Å². The van der Waals surface area contributed by atoms with Crippen molar-refractivity contribution < 1.29 is 28.6 Å². The maximum absolute atomic E-state index is 13.5. The highest BCUT2D eigenvalue weighted by Gasteiger charge is 2.24. The van der Waals surface area contributed by atoms with Crippen molar-refractivity contribution in [2.24, 2.45) is 11.1 Å². The summed E-state index contributed by atoms with van der Waals surface area (Å²) in [4.78, 5) is 41.2. The number of hydrogen-bond acceptors (Lipinski definition) is 7. The lowest BCUT2D eigenvalue weighted by Crippen LogP contribution is -2.38. The zero-order valence-electron chi connectivity index (χ0n) is 24.2. The van der Waals surface area contributed by atoms with E-state index in [1.165, 1.54) is 7.11 Å². The van der Waals surface area contributed by atoms with Crippen LogP contribution in [0.2, 0.25) is 0 Å². The molecule has 1 saturated heterocycles. The lowest BCUT2D eigenvalue weighted by atomic mass is 9.88. The quantitative estimate of drug-likeness (QED) is 0.262. The maximum Gasteiger partial charge on any atom is 0.296 e. The maximum atomic E-state index is 13.5. The lowest BCUT2D eigenvalue weighted by Gasteiger charge is -2.26. The van der Waals surface area contributed by atoms with E-state index in [1.54, 1.807) is 30.3 Å². The molecule has 0 atom stereocenters. The Labute approximate surface area is 240 Å². The number of fused-ring (bicyclic) bond motifs is 1. The van der Waals surface area contributed by atoms with Gasteiger partial charge in [0.1, 0.15) is 12.4 Å². The fraction of sp³-hybridized carbons (Fsp3) is 0.406. The summed E-state index contributed by atoms with van der Waals surface area (Å²) in [5.41, 5.74) is 7.11. The van der Waals surface area contributed by atoms with Crippen LogP contribution in [0.25, 0.3) is 10.8 Å². The number of nitrogens with zero attached hydrogens (tertiary/aromatic N) is 1. The third-order valence-corrected chi connectivity index (χ3v) is 7.13. The van der Waals surface area contributed by atoms with E-state index in [9.17, 15) is 14.4 Å². The van der Waals surface area contributed by atoms with Gasteiger partial charge < -0.3 is 25.3 Å². The molecule has 1 aliphatic heterocycles. The third-order valence-electron chi connectivity index (χ3n) is 7.13. The first kappa shape index (κ1) is 30.0. The molecule has 0 saturated carbocycles. The molecule has 3 N–H and O–H groups in total. The first-order chi connectivity index (χ1) is 19.6. The van der Waals surface area contributed by atoms with Crippen molar-refractivity contribution in [3.8, 4) is 11.5 Å². The van der Waals surface area contributed by atoms with Crippen LogP contribution in [0.4, 0.5) is 5.69 Å². The summed E-state index contributed by atoms with van der Waals surface area (Å²) >= 11 is 0. The molecular weight excluding hydrogens is 522 g/mol. The highest BCUT2D eigenvalue weighted by molar-refractivity contribution is 6.48. The van der Waals surface area contributed by atoms with E-state index in [4.69, 9.17) is 19.9 Å². The van der Waals surface area contributed by atoms with Gasteiger partial charge in [-0.15, -0.1) is 0 Å². The topological polar surface area (TPSA) is 120 Å². The third kappa shape index (κ3) is 7.62. The van der Waals surface area contributed by atoms with Crippen LogP contribution in [-0.2, 0) is 16.0 Å². The molecule has 0 aliphatic carbocycles. The number of methoxy groups -OCH3 is 1. The molecule has 3 aromatic rings. The number of rotatable bonds is 11. The second kappa shape index (κ2) is 13.1. The Balaban J connectivity index is 1.56. The van der Waals surface area contributed by atoms with Crippen molar-refractivity contribution in [2.45, 2.75) is 33.6 Å². The molecule has 218 valence electrons. The van der Waals surface area contributed by atoms with Crippen molar-refractivity contribution in [3.05, 3.63) is 65.2 Å². The smallest absolute Gasteiger partial charge is 0.296 e. The average molecular weight is 562 g/mol. The number of carbonyl (C=O) groups excluding carboxylic acids is 3. The van der Waals surface area contributed by atoms with Gasteiger partial charge in [0, 0.05) is 30.6 Å². The van der Waals surface area contributed by atoms with E-state index >= 15 is 0 Å². The molecule has 3 aromatic carbocycles. The predicted octanol–water partition coefficient (Wildman–Crippen LogP) is 4.46. The zero-order valence-corrected chi connectivity index (χ0v) is 24.2. The van der Waals surface area contributed by atoms with Crippen LogP contribution in [0.1, 0.15) is 53.5 Å². The number of nitrogens with one attached hydrogen (secondary N) is 1. The van der Waals surface area contributed by atoms with Gasteiger partial charge in [0.2, 0.25) is 0 Å². The van der Waals surface area contributed by atoms with Crippen LogP contribution in [0.15, 0.2) is 48.5 Å². The second-order valence-corrected chi connectivity index (χ2v) is 11.4. The Morgan fingerprint density at radius 3 is 2.37 bits per heavy atom. The summed E-state index contributed by atoms with van der Waals surface area (Å²) < 4.78 is 16.9. The summed E-state index contributed by atoms with van der Waals surface area (Å²) in [6, 6.07) is 14.1. The Kier molecular flexibility index (Phi) is 9.62. The number of anilines is 1. The molecule has 0 unspecified atom stereocenters. The van der Waals surface area contributed by atoms with E-state index in [0.29, 0.717) is 24.2 Å². The standard InChI is InChI=1S/C32H39N3O6/c1-32(2,3)12-11-21-19-25(30(33)37)29(39-4)26(20-21)34-31(38)28(36)24-9-10-27(23-8-6-5-7-22(23)24)41-18-15-35-13-16-40-17-14-35/h5-10,19-20H,11-18H2,1-4H3,(H2,33,37)(H,34,38). The summed E-state index contributed by atoms with van der Waals surface area (Å²) in [6.07, 6.45) is 1.50. The van der Waals surface area contributed by atoms with E-state index < -0.39 is 17.6 Å². The first-order valence-corrected chi connectivity index (χ1v) is 13.9. The van der Waals surface area contributed by atoms with Crippen molar-refractivity contribution >= 4 is 34.1 Å². The Hall–Kier alpha value is -3.95. The summed E-state index contributed by atoms with van der Waals surface area (Å²) in [5, 5.41) is 4.03. The highest BCUT2D eigenvalue weighted by atomic mass is 16.5. The average Bonchev–Trinajstić information content (AvgIpc) is 2.95. The number of aryl methyl sites for hydroxylation is 1. The molecule has 41 heavy (non-hydrogen) atoms. The largest absolute Gasteiger partial charge is 0.494 e. The summed E-state index contributed by atoms with van der Waals surface area (Å²) in [5.74, 6) is -1.49. The SMILES string of the molecule is COc1c(NC(=O)C(=O)c2ccc(OCCN3CCOCC3)c3ccccc23)cc(CCC(C)(C)C)cc1C(N)=O. The molecule has 4 rings (SSSR count). The first-order valence-electron chi connectivity index (χ1n) is 13.9. The number of morpholine rings is 1. The van der Waals surface area contributed by atoms with Crippen LogP contribution in [0.3, 0.4) is 0 Å². The fourth-order valence-corrected chi connectivity index (χ4v) is 4.85. The van der Waals surface area contributed by atoms with Gasteiger partial charge in [0.05, 0.1) is 31.6 Å². The Morgan fingerprint density at radius 2 is 1.71 bits per heavy atom. The number of ketones is 1. The van der Waals surface area contributed by atoms with Gasteiger partial charge in [-0.2, -0.15) is 0 Å². The van der Waals surface area contributed by atoms with Gasteiger partial charge in [0.15, 0.2) is 5.75 Å². The fourth-order valence-electron chi connectivity index (χ4n) is 4.85. The Morgan fingerprint density at radius 1 is 1.00 bits per heavy atom. The molecule has 0 bridgehead atoms. The minimum absolute atomic E-state index is 0.0611. The van der Waals surface area contributed by atoms with Crippen molar-refractivity contribution in [1.29, 1.82) is 0 Å². The molecule has 1 aliphatic rings. The normalized spacial score (nSPS) is 14.0. The molecular formula is C32H39N3O6. The Bertz CT molecular complexity index is 1420. The zero-order chi connectivity index (χ0) is 29.6. The van der Waals surface area contributed by atoms with Gasteiger partial charge in [-0.3, -0.25) is 19.3 Å². The van der Waals surface area contributed by atoms with E-state index in [2.05, 4.69) is 31.0 Å². The predicted molar refractivity (Wildman–Crippen MR) is 159 cm³/mol. The molecule has 1 fully saturated rings. The van der Waals surface area contributed by atoms with Crippen LogP contribution >= 0.6 is 0 Å². The van der Waals surface area contributed by atoms with Crippen LogP contribution in [0, 0.1) is 5.41 Å². The highest BCUT2D eigenvalue weighted by Crippen LogP contribution is 2.33. The van der Waals surface area contributed by atoms with Crippen LogP contribution in [-0.4, -0.2) is 69.1 Å². The second-order valence-electron chi connectivity index (χ2n) is 11.4. The number of nitrogens with two attached hydrogens (primary N) is 1. The van der Waals surface area contributed by atoms with Crippen molar-refractivity contribution in [2.75, 3.05) is 51.9 Å². The van der Waals surface area contributed by atoms with Gasteiger partial charge >= 0.3 is 0 Å². The molecule has 9 heteroatoms. The van der Waals surface area contributed by atoms with Crippen molar-refractivity contribution in [3.63, 3.8) is 0 Å². The minimum Gasteiger partial charge on any atom is -0.494 e. The summed E-state index contributed by atoms with van der Waals surface area (Å²) in [6.45, 7) is 10.8.